The third-order valence-electron chi connectivity index (χ3n) is 5.46. The molecule has 0 aliphatic heterocycles. The fourth-order valence-electron chi connectivity index (χ4n) is 3.58. The second kappa shape index (κ2) is 12.7. The number of hydrogen-bond acceptors (Lipinski definition) is 5. The molecular weight excluding hydrogens is 488 g/mol. The maximum Gasteiger partial charge on any atom is 0.259 e. The van der Waals surface area contributed by atoms with Crippen molar-refractivity contribution < 1.29 is 22.7 Å². The number of anilines is 1. The van der Waals surface area contributed by atoms with Gasteiger partial charge in [-0.05, 0) is 60.5 Å². The molecule has 0 bridgehead atoms. The summed E-state index contributed by atoms with van der Waals surface area (Å²) in [5, 5.41) is 2.79. The third-order valence-corrected chi connectivity index (χ3v) is 6.93. The number of hydrogen-bond donors (Lipinski definition) is 2. The normalized spacial score (nSPS) is 11.0. The van der Waals surface area contributed by atoms with Crippen LogP contribution < -0.4 is 19.5 Å². The summed E-state index contributed by atoms with van der Waals surface area (Å²) < 4.78 is 39.2. The van der Waals surface area contributed by atoms with Crippen molar-refractivity contribution in [2.75, 3.05) is 25.1 Å². The van der Waals surface area contributed by atoms with E-state index >= 15 is 0 Å². The zero-order valence-corrected chi connectivity index (χ0v) is 21.0. The van der Waals surface area contributed by atoms with Crippen LogP contribution in [-0.2, 0) is 16.4 Å². The molecule has 0 aliphatic carbocycles. The van der Waals surface area contributed by atoms with Crippen molar-refractivity contribution in [3.63, 3.8) is 0 Å². The van der Waals surface area contributed by atoms with Gasteiger partial charge in [-0.1, -0.05) is 60.7 Å². The molecular formula is C29H28N2O5S. The van der Waals surface area contributed by atoms with Crippen molar-refractivity contribution in [1.82, 2.24) is 4.72 Å². The van der Waals surface area contributed by atoms with E-state index in [0.717, 1.165) is 11.3 Å². The molecule has 0 aliphatic rings. The average Bonchev–Trinajstić information content (AvgIpc) is 2.93. The summed E-state index contributed by atoms with van der Waals surface area (Å²) in [6, 6.07) is 32.0. The van der Waals surface area contributed by atoms with Crippen molar-refractivity contribution in [1.29, 1.82) is 0 Å². The minimum Gasteiger partial charge on any atom is -0.490 e. The third kappa shape index (κ3) is 7.67. The quantitative estimate of drug-likeness (QED) is 0.261. The van der Waals surface area contributed by atoms with E-state index in [0.29, 0.717) is 30.0 Å². The highest BCUT2D eigenvalue weighted by molar-refractivity contribution is 7.89. The first-order valence-electron chi connectivity index (χ1n) is 11.9. The lowest BCUT2D eigenvalue weighted by Gasteiger charge is -2.13. The van der Waals surface area contributed by atoms with E-state index in [2.05, 4.69) is 10.0 Å². The minimum atomic E-state index is -3.66. The molecule has 4 aromatic rings. The number of carbonyl (C=O) groups is 1. The number of benzene rings is 4. The van der Waals surface area contributed by atoms with Gasteiger partial charge >= 0.3 is 0 Å². The summed E-state index contributed by atoms with van der Waals surface area (Å²) in [5.74, 6) is 0.809. The van der Waals surface area contributed by atoms with Crippen LogP contribution >= 0.6 is 0 Å². The van der Waals surface area contributed by atoms with Gasteiger partial charge in [-0.2, -0.15) is 0 Å². The summed E-state index contributed by atoms with van der Waals surface area (Å²) in [7, 11) is -3.66. The zero-order valence-electron chi connectivity index (χ0n) is 20.2. The predicted octanol–water partition coefficient (Wildman–Crippen LogP) is 4.92. The molecule has 0 unspecified atom stereocenters. The Morgan fingerprint density at radius 1 is 0.703 bits per heavy atom. The van der Waals surface area contributed by atoms with Gasteiger partial charge in [0, 0.05) is 12.2 Å². The van der Waals surface area contributed by atoms with Gasteiger partial charge in [-0.25, -0.2) is 13.1 Å². The van der Waals surface area contributed by atoms with Crippen LogP contribution in [0, 0.1) is 0 Å². The van der Waals surface area contributed by atoms with Crippen molar-refractivity contribution in [3.05, 3.63) is 120 Å². The Balaban J connectivity index is 1.30. The molecule has 8 heteroatoms. The van der Waals surface area contributed by atoms with Gasteiger partial charge in [0.1, 0.15) is 24.7 Å². The summed E-state index contributed by atoms with van der Waals surface area (Å²) in [6.07, 6.45) is 0.591. The van der Waals surface area contributed by atoms with Gasteiger partial charge in [0.2, 0.25) is 10.0 Å². The zero-order chi connectivity index (χ0) is 25.9. The van der Waals surface area contributed by atoms with Crippen molar-refractivity contribution in [2.45, 2.75) is 11.3 Å². The van der Waals surface area contributed by atoms with E-state index in [9.17, 15) is 13.2 Å². The number of sulfonamides is 1. The number of para-hydroxylation sites is 2. The highest BCUT2D eigenvalue weighted by atomic mass is 32.2. The second-order valence-electron chi connectivity index (χ2n) is 8.12. The van der Waals surface area contributed by atoms with E-state index < -0.39 is 10.0 Å². The lowest BCUT2D eigenvalue weighted by molar-refractivity contribution is 0.102. The Hall–Kier alpha value is -4.14. The van der Waals surface area contributed by atoms with E-state index in [1.165, 1.54) is 12.1 Å². The van der Waals surface area contributed by atoms with Crippen molar-refractivity contribution in [3.8, 4) is 11.5 Å². The van der Waals surface area contributed by atoms with Gasteiger partial charge in [-0.15, -0.1) is 0 Å². The first kappa shape index (κ1) is 25.9. The molecule has 0 saturated carbocycles. The van der Waals surface area contributed by atoms with Crippen molar-refractivity contribution in [2.24, 2.45) is 0 Å². The molecule has 190 valence electrons. The van der Waals surface area contributed by atoms with Gasteiger partial charge in [0.25, 0.3) is 5.91 Å². The fraction of sp³-hybridized carbons (Fsp3) is 0.138. The van der Waals surface area contributed by atoms with Crippen LogP contribution in [0.4, 0.5) is 5.69 Å². The maximum absolute atomic E-state index is 12.9. The van der Waals surface area contributed by atoms with Crippen LogP contribution in [0.25, 0.3) is 0 Å². The lowest BCUT2D eigenvalue weighted by Crippen LogP contribution is -2.26. The molecule has 0 spiro atoms. The van der Waals surface area contributed by atoms with E-state index in [-0.39, 0.29) is 24.0 Å². The minimum absolute atomic E-state index is 0.126. The van der Waals surface area contributed by atoms with Crippen LogP contribution in [0.1, 0.15) is 15.9 Å². The molecule has 0 radical (unpaired) electrons. The Bertz CT molecular complexity index is 1390. The molecule has 0 atom stereocenters. The summed E-state index contributed by atoms with van der Waals surface area (Å²) in [4.78, 5) is 13.0. The maximum atomic E-state index is 12.9. The number of rotatable bonds is 12. The Labute approximate surface area is 217 Å². The van der Waals surface area contributed by atoms with Gasteiger partial charge < -0.3 is 14.8 Å². The molecule has 2 N–H and O–H groups in total. The SMILES string of the molecule is O=C(Nc1ccc(S(=O)(=O)NCCc2ccccc2)cc1)c1ccccc1OCCOc1ccccc1. The lowest BCUT2D eigenvalue weighted by atomic mass is 10.2. The van der Waals surface area contributed by atoms with Crippen molar-refractivity contribution >= 4 is 21.6 Å². The number of amides is 1. The fourth-order valence-corrected chi connectivity index (χ4v) is 4.61. The Morgan fingerprint density at radius 2 is 1.32 bits per heavy atom. The van der Waals surface area contributed by atoms with Crippen LogP contribution in [0.15, 0.2) is 114 Å². The first-order chi connectivity index (χ1) is 18.0. The van der Waals surface area contributed by atoms with E-state index in [4.69, 9.17) is 9.47 Å². The molecule has 0 heterocycles. The largest absolute Gasteiger partial charge is 0.490 e. The summed E-state index contributed by atoms with van der Waals surface area (Å²) in [6.45, 7) is 0.885. The molecule has 4 rings (SSSR count). The molecule has 0 saturated heterocycles. The standard InChI is InChI=1S/C29H28N2O5S/c32-29(27-13-7-8-14-28(27)36-22-21-35-25-11-5-2-6-12-25)31-24-15-17-26(18-16-24)37(33,34)30-20-19-23-9-3-1-4-10-23/h1-18,30H,19-22H2,(H,31,32). The number of ether oxygens (including phenoxy) is 2. The topological polar surface area (TPSA) is 93.7 Å². The number of carbonyl (C=O) groups excluding carboxylic acids is 1. The van der Waals surface area contributed by atoms with Crippen LogP contribution in [0.3, 0.4) is 0 Å². The molecule has 7 nitrogen and oxygen atoms in total. The smallest absolute Gasteiger partial charge is 0.259 e. The highest BCUT2D eigenvalue weighted by Crippen LogP contribution is 2.21. The average molecular weight is 517 g/mol. The monoisotopic (exact) mass is 516 g/mol. The molecule has 0 fully saturated rings. The van der Waals surface area contributed by atoms with Crippen LogP contribution in [0.2, 0.25) is 0 Å². The van der Waals surface area contributed by atoms with E-state index in [1.807, 2.05) is 60.7 Å². The second-order valence-corrected chi connectivity index (χ2v) is 9.88. The molecule has 37 heavy (non-hydrogen) atoms. The molecule has 4 aromatic carbocycles. The number of nitrogens with one attached hydrogen (secondary N) is 2. The summed E-state index contributed by atoms with van der Waals surface area (Å²) >= 11 is 0. The van der Waals surface area contributed by atoms with Gasteiger partial charge in [-0.3, -0.25) is 4.79 Å². The van der Waals surface area contributed by atoms with Gasteiger partial charge in [0.05, 0.1) is 10.5 Å². The molecule has 1 amide bonds. The van der Waals surface area contributed by atoms with Gasteiger partial charge in [0.15, 0.2) is 0 Å². The Morgan fingerprint density at radius 3 is 2.05 bits per heavy atom. The van der Waals surface area contributed by atoms with Crippen LogP contribution in [-0.4, -0.2) is 34.1 Å². The van der Waals surface area contributed by atoms with Crippen LogP contribution in [0.5, 0.6) is 11.5 Å². The first-order valence-corrected chi connectivity index (χ1v) is 13.3. The predicted molar refractivity (Wildman–Crippen MR) is 144 cm³/mol. The highest BCUT2D eigenvalue weighted by Gasteiger charge is 2.15. The molecule has 0 aromatic heterocycles. The van der Waals surface area contributed by atoms with E-state index in [1.54, 1.807) is 36.4 Å². The Kier molecular flexibility index (Phi) is 8.91. The summed E-state index contributed by atoms with van der Waals surface area (Å²) in [5.41, 5.74) is 1.88.